The van der Waals surface area contributed by atoms with Crippen molar-refractivity contribution in [2.24, 2.45) is 11.8 Å². The van der Waals surface area contributed by atoms with Crippen LogP contribution in [0.2, 0.25) is 0 Å². The number of nitrogens with one attached hydrogen (secondary N) is 2. The standard InChI is InChI=1S/C22H30N4O2S/c1-14(2)19(23-18(27)13-10-16-6-4-5-7-16)20(28)24-22-26-25-21(29-22)17-11-8-15(3)9-12-17/h8-9,11-12,14,16,19H,4-7,10,13H2,1-3H3,(H,23,27)(H,24,26,28). The van der Waals surface area contributed by atoms with Crippen LogP contribution in [0.25, 0.3) is 10.6 Å². The highest BCUT2D eigenvalue weighted by molar-refractivity contribution is 7.18. The molecule has 1 atom stereocenters. The Balaban J connectivity index is 1.56. The molecule has 1 heterocycles. The molecule has 1 unspecified atom stereocenters. The normalized spacial score (nSPS) is 15.4. The first kappa shape index (κ1) is 21.4. The van der Waals surface area contributed by atoms with E-state index < -0.39 is 6.04 Å². The molecule has 0 aliphatic heterocycles. The molecule has 0 spiro atoms. The van der Waals surface area contributed by atoms with Crippen molar-refractivity contribution < 1.29 is 9.59 Å². The largest absolute Gasteiger partial charge is 0.344 e. The van der Waals surface area contributed by atoms with Crippen molar-refractivity contribution in [1.29, 1.82) is 0 Å². The number of rotatable bonds is 8. The molecule has 1 aliphatic rings. The second-order valence-corrected chi connectivity index (χ2v) is 9.22. The first-order valence-electron chi connectivity index (χ1n) is 10.4. The minimum atomic E-state index is -0.585. The molecular weight excluding hydrogens is 384 g/mol. The Hall–Kier alpha value is -2.28. The molecule has 0 radical (unpaired) electrons. The highest BCUT2D eigenvalue weighted by Gasteiger charge is 2.26. The first-order valence-corrected chi connectivity index (χ1v) is 11.2. The minimum Gasteiger partial charge on any atom is -0.344 e. The number of carbonyl (C=O) groups is 2. The smallest absolute Gasteiger partial charge is 0.249 e. The molecule has 2 N–H and O–H groups in total. The number of hydrogen-bond acceptors (Lipinski definition) is 5. The second kappa shape index (κ2) is 9.96. The van der Waals surface area contributed by atoms with Crippen LogP contribution in [-0.4, -0.2) is 28.1 Å². The van der Waals surface area contributed by atoms with Gasteiger partial charge in [0.15, 0.2) is 0 Å². The molecule has 156 valence electrons. The van der Waals surface area contributed by atoms with Gasteiger partial charge in [-0.05, 0) is 25.2 Å². The van der Waals surface area contributed by atoms with Crippen molar-refractivity contribution in [3.8, 4) is 10.6 Å². The predicted molar refractivity (Wildman–Crippen MR) is 117 cm³/mol. The van der Waals surface area contributed by atoms with Crippen LogP contribution < -0.4 is 10.6 Å². The topological polar surface area (TPSA) is 84.0 Å². The van der Waals surface area contributed by atoms with Crippen LogP contribution in [-0.2, 0) is 9.59 Å². The van der Waals surface area contributed by atoms with E-state index in [0.29, 0.717) is 17.5 Å². The van der Waals surface area contributed by atoms with Crippen molar-refractivity contribution in [3.05, 3.63) is 29.8 Å². The van der Waals surface area contributed by atoms with Crippen LogP contribution in [0.15, 0.2) is 24.3 Å². The van der Waals surface area contributed by atoms with Gasteiger partial charge in [-0.15, -0.1) is 10.2 Å². The van der Waals surface area contributed by atoms with Crippen molar-refractivity contribution in [1.82, 2.24) is 15.5 Å². The number of anilines is 1. The lowest BCUT2D eigenvalue weighted by molar-refractivity contribution is -0.127. The van der Waals surface area contributed by atoms with Gasteiger partial charge in [-0.1, -0.05) is 80.7 Å². The summed E-state index contributed by atoms with van der Waals surface area (Å²) in [4.78, 5) is 25.1. The molecule has 1 fully saturated rings. The highest BCUT2D eigenvalue weighted by atomic mass is 32.1. The maximum Gasteiger partial charge on any atom is 0.249 e. The number of aromatic nitrogens is 2. The summed E-state index contributed by atoms with van der Waals surface area (Å²) in [6.45, 7) is 5.89. The summed E-state index contributed by atoms with van der Waals surface area (Å²) in [5.41, 5.74) is 2.14. The van der Waals surface area contributed by atoms with E-state index in [-0.39, 0.29) is 17.7 Å². The molecule has 1 aromatic heterocycles. The molecule has 2 amide bonds. The zero-order valence-electron chi connectivity index (χ0n) is 17.4. The average Bonchev–Trinajstić information content (AvgIpc) is 3.37. The molecule has 1 aliphatic carbocycles. The highest BCUT2D eigenvalue weighted by Crippen LogP contribution is 2.29. The first-order chi connectivity index (χ1) is 13.9. The van der Waals surface area contributed by atoms with E-state index in [0.717, 1.165) is 17.0 Å². The van der Waals surface area contributed by atoms with Gasteiger partial charge >= 0.3 is 0 Å². The molecule has 1 aromatic carbocycles. The van der Waals surface area contributed by atoms with Crippen LogP contribution >= 0.6 is 11.3 Å². The Kier molecular flexibility index (Phi) is 7.36. The van der Waals surface area contributed by atoms with E-state index >= 15 is 0 Å². The van der Waals surface area contributed by atoms with Crippen LogP contribution in [0.1, 0.15) is 57.9 Å². The van der Waals surface area contributed by atoms with Gasteiger partial charge in [-0.2, -0.15) is 0 Å². The van der Waals surface area contributed by atoms with Crippen LogP contribution in [0.4, 0.5) is 5.13 Å². The van der Waals surface area contributed by atoms with Gasteiger partial charge < -0.3 is 5.32 Å². The number of amides is 2. The molecule has 6 nitrogen and oxygen atoms in total. The lowest BCUT2D eigenvalue weighted by Gasteiger charge is -2.21. The van der Waals surface area contributed by atoms with Gasteiger partial charge in [-0.25, -0.2) is 0 Å². The van der Waals surface area contributed by atoms with Gasteiger partial charge in [-0.3, -0.25) is 14.9 Å². The number of benzene rings is 1. The molecule has 29 heavy (non-hydrogen) atoms. The summed E-state index contributed by atoms with van der Waals surface area (Å²) < 4.78 is 0. The lowest BCUT2D eigenvalue weighted by atomic mass is 10.00. The van der Waals surface area contributed by atoms with Gasteiger partial charge in [0.1, 0.15) is 11.0 Å². The molecule has 3 rings (SSSR count). The third-order valence-corrected chi connectivity index (χ3v) is 6.36. The number of carbonyl (C=O) groups excluding carboxylic acids is 2. The molecule has 2 aromatic rings. The van der Waals surface area contributed by atoms with E-state index in [1.54, 1.807) is 0 Å². The quantitative estimate of drug-likeness (QED) is 0.663. The van der Waals surface area contributed by atoms with Crippen molar-refractivity contribution in [2.75, 3.05) is 5.32 Å². The van der Waals surface area contributed by atoms with Gasteiger partial charge in [0.05, 0.1) is 0 Å². The lowest BCUT2D eigenvalue weighted by Crippen LogP contribution is -2.47. The second-order valence-electron chi connectivity index (χ2n) is 8.25. The Morgan fingerprint density at radius 1 is 1.14 bits per heavy atom. The van der Waals surface area contributed by atoms with Crippen LogP contribution in [0.5, 0.6) is 0 Å². The number of nitrogens with zero attached hydrogens (tertiary/aromatic N) is 2. The summed E-state index contributed by atoms with van der Waals surface area (Å²) in [6, 6.07) is 7.43. The molecular formula is C22H30N4O2S. The summed E-state index contributed by atoms with van der Waals surface area (Å²) in [7, 11) is 0. The van der Waals surface area contributed by atoms with Crippen molar-refractivity contribution in [2.45, 2.75) is 65.3 Å². The van der Waals surface area contributed by atoms with Crippen LogP contribution in [0.3, 0.4) is 0 Å². The van der Waals surface area contributed by atoms with Crippen molar-refractivity contribution in [3.63, 3.8) is 0 Å². The molecule has 7 heteroatoms. The van der Waals surface area contributed by atoms with Gasteiger partial charge in [0.2, 0.25) is 16.9 Å². The maximum absolute atomic E-state index is 12.8. The summed E-state index contributed by atoms with van der Waals surface area (Å²) in [5.74, 6) is 0.341. The van der Waals surface area contributed by atoms with Crippen LogP contribution in [0, 0.1) is 18.8 Å². The van der Waals surface area contributed by atoms with Crippen molar-refractivity contribution >= 4 is 28.3 Å². The molecule has 0 saturated heterocycles. The maximum atomic E-state index is 12.8. The zero-order chi connectivity index (χ0) is 20.8. The van der Waals surface area contributed by atoms with E-state index in [2.05, 4.69) is 20.8 Å². The third-order valence-electron chi connectivity index (χ3n) is 5.47. The fourth-order valence-corrected chi connectivity index (χ4v) is 4.44. The van der Waals surface area contributed by atoms with Gasteiger partial charge in [0, 0.05) is 12.0 Å². The fourth-order valence-electron chi connectivity index (χ4n) is 3.68. The van der Waals surface area contributed by atoms with Gasteiger partial charge in [0.25, 0.3) is 0 Å². The number of hydrogen-bond donors (Lipinski definition) is 2. The Bertz CT molecular complexity index is 826. The monoisotopic (exact) mass is 414 g/mol. The zero-order valence-corrected chi connectivity index (χ0v) is 18.2. The fraction of sp³-hybridized carbons (Fsp3) is 0.545. The summed E-state index contributed by atoms with van der Waals surface area (Å²) in [6.07, 6.45) is 6.39. The Morgan fingerprint density at radius 3 is 2.48 bits per heavy atom. The van der Waals surface area contributed by atoms with E-state index in [4.69, 9.17) is 0 Å². The minimum absolute atomic E-state index is 0.0186. The molecule has 1 saturated carbocycles. The SMILES string of the molecule is Cc1ccc(-c2nnc(NC(=O)C(NC(=O)CCC3CCCC3)C(C)C)s2)cc1. The Labute approximate surface area is 176 Å². The Morgan fingerprint density at radius 2 is 1.83 bits per heavy atom. The predicted octanol–water partition coefficient (Wildman–Crippen LogP) is 4.56. The molecule has 0 bridgehead atoms. The number of aryl methyl sites for hydroxylation is 1. The summed E-state index contributed by atoms with van der Waals surface area (Å²) in [5, 5.41) is 15.2. The summed E-state index contributed by atoms with van der Waals surface area (Å²) >= 11 is 1.33. The van der Waals surface area contributed by atoms with E-state index in [1.807, 2.05) is 45.0 Å². The van der Waals surface area contributed by atoms with E-state index in [9.17, 15) is 9.59 Å². The van der Waals surface area contributed by atoms with E-state index in [1.165, 1.54) is 42.6 Å². The average molecular weight is 415 g/mol. The third kappa shape index (κ3) is 6.10.